The van der Waals surface area contributed by atoms with E-state index < -0.39 is 5.97 Å². The zero-order chi connectivity index (χ0) is 14.7. The number of anilines is 1. The van der Waals surface area contributed by atoms with E-state index in [0.29, 0.717) is 28.0 Å². The smallest absolute Gasteiger partial charge is 0.340 e. The number of aromatic nitrogens is 4. The van der Waals surface area contributed by atoms with Gasteiger partial charge in [0.1, 0.15) is 10.9 Å². The van der Waals surface area contributed by atoms with Crippen molar-refractivity contribution >= 4 is 23.4 Å². The van der Waals surface area contributed by atoms with Crippen LogP contribution in [-0.2, 0) is 11.8 Å². The maximum Gasteiger partial charge on any atom is 0.340 e. The van der Waals surface area contributed by atoms with Gasteiger partial charge in [-0.05, 0) is 31.7 Å². The fourth-order valence-electron chi connectivity index (χ4n) is 1.46. The molecule has 0 spiro atoms. The van der Waals surface area contributed by atoms with Crippen molar-refractivity contribution in [1.29, 1.82) is 0 Å². The van der Waals surface area contributed by atoms with Crippen LogP contribution in [0, 0.1) is 6.92 Å². The molecule has 0 unspecified atom stereocenters. The van der Waals surface area contributed by atoms with Crippen LogP contribution in [0.2, 0.25) is 0 Å². The van der Waals surface area contributed by atoms with Crippen LogP contribution >= 0.6 is 11.8 Å². The molecule has 0 saturated carbocycles. The zero-order valence-electron chi connectivity index (χ0n) is 11.5. The van der Waals surface area contributed by atoms with E-state index in [1.807, 2.05) is 18.5 Å². The summed E-state index contributed by atoms with van der Waals surface area (Å²) >= 11 is 1.31. The predicted molar refractivity (Wildman–Crippen MR) is 74.5 cm³/mol. The molecule has 0 bridgehead atoms. The molecule has 0 saturated heterocycles. The molecule has 106 valence electrons. The van der Waals surface area contributed by atoms with E-state index in [0.717, 1.165) is 5.82 Å². The summed E-state index contributed by atoms with van der Waals surface area (Å²) in [5.41, 5.74) is 6.34. The Hall–Kier alpha value is -2.09. The third-order valence-corrected chi connectivity index (χ3v) is 3.62. The maximum absolute atomic E-state index is 11.8. The lowest BCUT2D eigenvalue weighted by molar-refractivity contribution is 0.0527. The summed E-state index contributed by atoms with van der Waals surface area (Å²) in [7, 11) is 1.86. The SMILES string of the molecule is CCOC(=O)c1cc(Sc2nnc(C)n2C)ncc1N. The second-order valence-electron chi connectivity index (χ2n) is 4.02. The molecule has 2 N–H and O–H groups in total. The van der Waals surface area contributed by atoms with Crippen molar-refractivity contribution in [1.82, 2.24) is 19.7 Å². The number of ether oxygens (including phenoxy) is 1. The van der Waals surface area contributed by atoms with Crippen molar-refractivity contribution in [2.45, 2.75) is 24.0 Å². The molecular weight excluding hydrogens is 278 g/mol. The lowest BCUT2D eigenvalue weighted by atomic mass is 10.2. The van der Waals surface area contributed by atoms with Crippen LogP contribution in [0.15, 0.2) is 22.4 Å². The third-order valence-electron chi connectivity index (χ3n) is 2.65. The lowest BCUT2D eigenvalue weighted by Crippen LogP contribution is -2.08. The van der Waals surface area contributed by atoms with Gasteiger partial charge >= 0.3 is 5.97 Å². The highest BCUT2D eigenvalue weighted by Crippen LogP contribution is 2.26. The standard InChI is InChI=1S/C12H15N5O2S/c1-4-19-11(18)8-5-10(14-6-9(8)13)20-12-16-15-7(2)17(12)3/h5-6H,4,13H2,1-3H3. The van der Waals surface area contributed by atoms with E-state index in [-0.39, 0.29) is 0 Å². The first-order valence-electron chi connectivity index (χ1n) is 5.99. The minimum Gasteiger partial charge on any atom is -0.462 e. The number of rotatable bonds is 4. The number of carbonyl (C=O) groups is 1. The summed E-state index contributed by atoms with van der Waals surface area (Å²) in [6, 6.07) is 1.60. The summed E-state index contributed by atoms with van der Waals surface area (Å²) in [5, 5.41) is 9.30. The number of pyridine rings is 1. The number of nitrogens with two attached hydrogens (primary N) is 1. The van der Waals surface area contributed by atoms with Gasteiger partial charge in [-0.1, -0.05) is 0 Å². The Bertz CT molecular complexity index is 641. The summed E-state index contributed by atoms with van der Waals surface area (Å²) in [6.45, 7) is 3.90. The van der Waals surface area contributed by atoms with Crippen molar-refractivity contribution in [2.75, 3.05) is 12.3 Å². The van der Waals surface area contributed by atoms with E-state index in [1.54, 1.807) is 13.0 Å². The fraction of sp³-hybridized carbons (Fsp3) is 0.333. The van der Waals surface area contributed by atoms with Gasteiger partial charge in [-0.2, -0.15) is 0 Å². The molecule has 8 heteroatoms. The molecule has 0 amide bonds. The van der Waals surface area contributed by atoms with E-state index in [1.165, 1.54) is 18.0 Å². The van der Waals surface area contributed by atoms with Gasteiger partial charge in [0, 0.05) is 7.05 Å². The minimum absolute atomic E-state index is 0.293. The topological polar surface area (TPSA) is 95.9 Å². The molecule has 2 rings (SSSR count). The largest absolute Gasteiger partial charge is 0.462 e. The average molecular weight is 293 g/mol. The minimum atomic E-state index is -0.455. The fourth-order valence-corrected chi connectivity index (χ4v) is 2.28. The Morgan fingerprint density at radius 1 is 1.50 bits per heavy atom. The van der Waals surface area contributed by atoms with Crippen molar-refractivity contribution in [2.24, 2.45) is 7.05 Å². The Morgan fingerprint density at radius 2 is 2.25 bits per heavy atom. The number of hydrogen-bond donors (Lipinski definition) is 1. The number of carbonyl (C=O) groups excluding carboxylic acids is 1. The first-order chi connectivity index (χ1) is 9.52. The van der Waals surface area contributed by atoms with Crippen molar-refractivity contribution < 1.29 is 9.53 Å². The van der Waals surface area contributed by atoms with Gasteiger partial charge in [0.05, 0.1) is 24.1 Å². The molecule has 7 nitrogen and oxygen atoms in total. The van der Waals surface area contributed by atoms with Gasteiger partial charge in [-0.15, -0.1) is 10.2 Å². The van der Waals surface area contributed by atoms with Gasteiger partial charge in [0.2, 0.25) is 0 Å². The second-order valence-corrected chi connectivity index (χ2v) is 5.01. The summed E-state index contributed by atoms with van der Waals surface area (Å²) in [6.07, 6.45) is 1.44. The lowest BCUT2D eigenvalue weighted by Gasteiger charge is -2.07. The third kappa shape index (κ3) is 2.90. The van der Waals surface area contributed by atoms with Gasteiger partial charge < -0.3 is 15.0 Å². The summed E-state index contributed by atoms with van der Waals surface area (Å²) in [4.78, 5) is 15.9. The predicted octanol–water partition coefficient (Wildman–Crippen LogP) is 1.43. The van der Waals surface area contributed by atoms with Crippen LogP contribution in [0.25, 0.3) is 0 Å². The molecule has 2 aromatic rings. The molecule has 0 aliphatic rings. The van der Waals surface area contributed by atoms with Gasteiger partial charge in [0.15, 0.2) is 5.16 Å². The number of hydrogen-bond acceptors (Lipinski definition) is 7. The van der Waals surface area contributed by atoms with Crippen molar-refractivity contribution in [3.05, 3.63) is 23.7 Å². The van der Waals surface area contributed by atoms with E-state index in [9.17, 15) is 4.79 Å². The highest BCUT2D eigenvalue weighted by molar-refractivity contribution is 7.99. The van der Waals surface area contributed by atoms with Crippen LogP contribution in [0.3, 0.4) is 0 Å². The Balaban J connectivity index is 2.27. The molecule has 0 aliphatic heterocycles. The summed E-state index contributed by atoms with van der Waals surface area (Å²) < 4.78 is 6.79. The molecule has 0 radical (unpaired) electrons. The van der Waals surface area contributed by atoms with Crippen molar-refractivity contribution in [3.8, 4) is 0 Å². The molecular formula is C12H15N5O2S. The number of esters is 1. The Morgan fingerprint density at radius 3 is 2.85 bits per heavy atom. The van der Waals surface area contributed by atoms with Crippen LogP contribution in [0.1, 0.15) is 23.1 Å². The highest BCUT2D eigenvalue weighted by Gasteiger charge is 2.14. The summed E-state index contributed by atoms with van der Waals surface area (Å²) in [5.74, 6) is 0.344. The van der Waals surface area contributed by atoms with E-state index in [4.69, 9.17) is 10.5 Å². The van der Waals surface area contributed by atoms with Gasteiger partial charge in [-0.3, -0.25) is 0 Å². The van der Waals surface area contributed by atoms with Crippen LogP contribution in [0.4, 0.5) is 5.69 Å². The molecule has 2 heterocycles. The molecule has 20 heavy (non-hydrogen) atoms. The monoisotopic (exact) mass is 293 g/mol. The normalized spacial score (nSPS) is 10.6. The van der Waals surface area contributed by atoms with Gasteiger partial charge in [0.25, 0.3) is 0 Å². The first-order valence-corrected chi connectivity index (χ1v) is 6.81. The molecule has 0 aromatic carbocycles. The van der Waals surface area contributed by atoms with Gasteiger partial charge in [-0.25, -0.2) is 9.78 Å². The average Bonchev–Trinajstić information content (AvgIpc) is 2.73. The molecule has 0 aliphatic carbocycles. The Labute approximate surface area is 120 Å². The van der Waals surface area contributed by atoms with Crippen LogP contribution in [-0.4, -0.2) is 32.3 Å². The highest BCUT2D eigenvalue weighted by atomic mass is 32.2. The zero-order valence-corrected chi connectivity index (χ0v) is 12.3. The van der Waals surface area contributed by atoms with Crippen LogP contribution in [0.5, 0.6) is 0 Å². The Kier molecular flexibility index (Phi) is 4.23. The number of nitrogen functional groups attached to an aromatic ring is 1. The second kappa shape index (κ2) is 5.91. The maximum atomic E-state index is 11.8. The van der Waals surface area contributed by atoms with Crippen molar-refractivity contribution in [3.63, 3.8) is 0 Å². The van der Waals surface area contributed by atoms with E-state index >= 15 is 0 Å². The molecule has 2 aromatic heterocycles. The molecule has 0 atom stereocenters. The van der Waals surface area contributed by atoms with Crippen LogP contribution < -0.4 is 5.73 Å². The number of aryl methyl sites for hydroxylation is 1. The molecule has 0 fully saturated rings. The quantitative estimate of drug-likeness (QED) is 0.852. The van der Waals surface area contributed by atoms with E-state index in [2.05, 4.69) is 15.2 Å². The number of nitrogens with zero attached hydrogens (tertiary/aromatic N) is 4. The first kappa shape index (κ1) is 14.3.